The first-order chi connectivity index (χ1) is 8.29. The fourth-order valence-corrected chi connectivity index (χ4v) is 1.70. The van der Waals surface area contributed by atoms with Crippen LogP contribution in [0.25, 0.3) is 5.69 Å². The molecule has 0 unspecified atom stereocenters. The van der Waals surface area contributed by atoms with E-state index in [4.69, 9.17) is 17.3 Å². The molecule has 0 aliphatic rings. The molecule has 1 heterocycles. The van der Waals surface area contributed by atoms with E-state index < -0.39 is 22.3 Å². The average molecular weight is 278 g/mol. The van der Waals surface area contributed by atoms with Gasteiger partial charge in [0.1, 0.15) is 5.82 Å². The molecule has 1 aromatic heterocycles. The first kappa shape index (κ1) is 12.6. The number of halogens is 4. The normalized spacial score (nSPS) is 11.8. The number of aromatic nitrogens is 2. The molecule has 0 aliphatic carbocycles. The minimum atomic E-state index is -4.59. The molecule has 3 N–H and O–H groups in total. The largest absolute Gasteiger partial charge is 0.417 e. The Kier molecular flexibility index (Phi) is 2.86. The summed E-state index contributed by atoms with van der Waals surface area (Å²) in [6.45, 7) is 0. The zero-order chi connectivity index (χ0) is 13.5. The van der Waals surface area contributed by atoms with Gasteiger partial charge >= 0.3 is 6.18 Å². The average Bonchev–Trinajstić information content (AvgIpc) is 2.57. The van der Waals surface area contributed by atoms with Crippen LogP contribution in [-0.2, 0) is 6.18 Å². The first-order valence-electron chi connectivity index (χ1n) is 4.73. The highest BCUT2D eigenvalue weighted by atomic mass is 35.5. The molecule has 4 nitrogen and oxygen atoms in total. The summed E-state index contributed by atoms with van der Waals surface area (Å²) in [5.41, 5.74) is 3.79. The van der Waals surface area contributed by atoms with E-state index in [1.54, 1.807) is 0 Å². The molecule has 2 rings (SSSR count). The van der Waals surface area contributed by atoms with Gasteiger partial charge in [0, 0.05) is 6.07 Å². The van der Waals surface area contributed by atoms with Crippen molar-refractivity contribution in [3.8, 4) is 5.69 Å². The van der Waals surface area contributed by atoms with Gasteiger partial charge in [-0.2, -0.15) is 13.2 Å². The van der Waals surface area contributed by atoms with Crippen molar-refractivity contribution in [2.24, 2.45) is 0 Å². The Labute approximate surface area is 104 Å². The fraction of sp³-hybridized carbons (Fsp3) is 0.100. The quantitative estimate of drug-likeness (QED) is 0.841. The minimum absolute atomic E-state index is 0.00780. The molecule has 18 heavy (non-hydrogen) atoms. The number of hydrogen-bond donors (Lipinski definition) is 2. The number of alkyl halides is 3. The Balaban J connectivity index is 2.61. The van der Waals surface area contributed by atoms with Crippen molar-refractivity contribution in [1.82, 2.24) is 9.78 Å². The summed E-state index contributed by atoms with van der Waals surface area (Å²) in [5.74, 6) is 0.0588. The summed E-state index contributed by atoms with van der Waals surface area (Å²) < 4.78 is 38.8. The second kappa shape index (κ2) is 4.09. The Morgan fingerprint density at radius 1 is 1.28 bits per heavy atom. The number of hydrogen-bond acceptors (Lipinski definition) is 2. The minimum Gasteiger partial charge on any atom is -0.384 e. The van der Waals surface area contributed by atoms with E-state index in [2.05, 4.69) is 5.10 Å². The van der Waals surface area contributed by atoms with Crippen LogP contribution < -0.4 is 11.3 Å². The Hall–Kier alpha value is -1.89. The van der Waals surface area contributed by atoms with Crippen LogP contribution in [-0.4, -0.2) is 9.78 Å². The molecule has 0 saturated carbocycles. The lowest BCUT2D eigenvalue weighted by Crippen LogP contribution is -2.15. The molecule has 1 aromatic carbocycles. The number of nitrogens with two attached hydrogens (primary N) is 1. The van der Waals surface area contributed by atoms with Crippen LogP contribution in [0.2, 0.25) is 5.02 Å². The zero-order valence-electron chi connectivity index (χ0n) is 8.75. The van der Waals surface area contributed by atoms with Crippen molar-refractivity contribution >= 4 is 17.4 Å². The second-order valence-electron chi connectivity index (χ2n) is 3.55. The van der Waals surface area contributed by atoms with E-state index in [1.807, 2.05) is 0 Å². The third-order valence-corrected chi connectivity index (χ3v) is 2.58. The van der Waals surface area contributed by atoms with Gasteiger partial charge in [0.15, 0.2) is 0 Å². The summed E-state index contributed by atoms with van der Waals surface area (Å²) in [6.07, 6.45) is -4.59. The van der Waals surface area contributed by atoms with Gasteiger partial charge in [0.2, 0.25) is 0 Å². The molecule has 2 aromatic rings. The summed E-state index contributed by atoms with van der Waals surface area (Å²) in [5, 5.41) is 2.00. The third kappa shape index (κ3) is 2.21. The van der Waals surface area contributed by atoms with Crippen LogP contribution in [0.5, 0.6) is 0 Å². The lowest BCUT2D eigenvalue weighted by Gasteiger charge is -2.10. The Bertz CT molecular complexity index is 645. The lowest BCUT2D eigenvalue weighted by molar-refractivity contribution is -0.137. The van der Waals surface area contributed by atoms with Gasteiger partial charge in [0.25, 0.3) is 5.56 Å². The van der Waals surface area contributed by atoms with Gasteiger partial charge < -0.3 is 5.73 Å². The molecule has 0 aliphatic heterocycles. The van der Waals surface area contributed by atoms with E-state index in [0.29, 0.717) is 0 Å². The van der Waals surface area contributed by atoms with Crippen molar-refractivity contribution in [2.75, 3.05) is 5.73 Å². The number of benzene rings is 1. The van der Waals surface area contributed by atoms with Crippen LogP contribution >= 0.6 is 11.6 Å². The molecule has 0 atom stereocenters. The first-order valence-corrected chi connectivity index (χ1v) is 5.11. The molecule has 0 spiro atoms. The molecule has 0 saturated heterocycles. The molecule has 8 heteroatoms. The smallest absolute Gasteiger partial charge is 0.384 e. The number of H-pyrrole nitrogens is 1. The highest BCUT2D eigenvalue weighted by molar-refractivity contribution is 6.31. The van der Waals surface area contributed by atoms with Crippen LogP contribution in [0.3, 0.4) is 0 Å². The Morgan fingerprint density at radius 2 is 1.94 bits per heavy atom. The summed E-state index contributed by atoms with van der Waals surface area (Å²) >= 11 is 5.47. The van der Waals surface area contributed by atoms with Crippen molar-refractivity contribution < 1.29 is 13.2 Å². The number of aromatic amines is 1. The fourth-order valence-electron chi connectivity index (χ4n) is 1.48. The number of nitrogens with zero attached hydrogens (tertiary/aromatic N) is 1. The SMILES string of the molecule is Nc1cc(=O)n(-c2ccc(Cl)c(C(F)(F)F)c2)[nH]1. The van der Waals surface area contributed by atoms with E-state index >= 15 is 0 Å². The van der Waals surface area contributed by atoms with E-state index in [-0.39, 0.29) is 11.5 Å². The molecule has 0 bridgehead atoms. The molecule has 0 amide bonds. The van der Waals surface area contributed by atoms with Gasteiger partial charge in [-0.25, -0.2) is 4.68 Å². The third-order valence-electron chi connectivity index (χ3n) is 2.25. The van der Waals surface area contributed by atoms with Crippen LogP contribution in [0.15, 0.2) is 29.1 Å². The number of nitrogens with one attached hydrogen (secondary N) is 1. The lowest BCUT2D eigenvalue weighted by atomic mass is 10.2. The summed E-state index contributed by atoms with van der Waals surface area (Å²) in [7, 11) is 0. The summed E-state index contributed by atoms with van der Waals surface area (Å²) in [6, 6.07) is 4.21. The van der Waals surface area contributed by atoms with Gasteiger partial charge in [0.05, 0.1) is 16.3 Å². The predicted molar refractivity (Wildman–Crippen MR) is 60.8 cm³/mol. The van der Waals surface area contributed by atoms with E-state index in [9.17, 15) is 18.0 Å². The highest BCUT2D eigenvalue weighted by Gasteiger charge is 2.33. The zero-order valence-corrected chi connectivity index (χ0v) is 9.51. The van der Waals surface area contributed by atoms with Crippen LogP contribution in [0, 0.1) is 0 Å². The molecular weight excluding hydrogens is 271 g/mol. The van der Waals surface area contributed by atoms with Gasteiger partial charge in [-0.15, -0.1) is 0 Å². The monoisotopic (exact) mass is 277 g/mol. The van der Waals surface area contributed by atoms with Crippen molar-refractivity contribution in [1.29, 1.82) is 0 Å². The molecule has 96 valence electrons. The van der Waals surface area contributed by atoms with Gasteiger partial charge in [-0.3, -0.25) is 9.89 Å². The van der Waals surface area contributed by atoms with E-state index in [1.165, 1.54) is 6.07 Å². The molecule has 0 radical (unpaired) electrons. The maximum absolute atomic E-state index is 12.6. The summed E-state index contributed by atoms with van der Waals surface area (Å²) in [4.78, 5) is 11.4. The standard InChI is InChI=1S/C10H7ClF3N3O/c11-7-2-1-5(3-6(7)10(12,13)14)17-9(18)4-8(15)16-17/h1-4,16H,15H2. The maximum atomic E-state index is 12.6. The van der Waals surface area contributed by atoms with Crippen LogP contribution in [0.1, 0.15) is 5.56 Å². The van der Waals surface area contributed by atoms with Crippen LogP contribution in [0.4, 0.5) is 19.0 Å². The Morgan fingerprint density at radius 3 is 2.44 bits per heavy atom. The molecular formula is C10H7ClF3N3O. The maximum Gasteiger partial charge on any atom is 0.417 e. The topological polar surface area (TPSA) is 63.8 Å². The van der Waals surface area contributed by atoms with Gasteiger partial charge in [-0.05, 0) is 18.2 Å². The van der Waals surface area contributed by atoms with E-state index in [0.717, 1.165) is 22.9 Å². The number of nitrogen functional groups attached to an aromatic ring is 1. The number of anilines is 1. The molecule has 0 fully saturated rings. The predicted octanol–water partition coefficient (Wildman–Crippen LogP) is 2.42. The van der Waals surface area contributed by atoms with Crippen molar-refractivity contribution in [2.45, 2.75) is 6.18 Å². The highest BCUT2D eigenvalue weighted by Crippen LogP contribution is 2.35. The van der Waals surface area contributed by atoms with Crippen molar-refractivity contribution in [3.05, 3.63) is 45.2 Å². The number of rotatable bonds is 1. The van der Waals surface area contributed by atoms with Crippen molar-refractivity contribution in [3.63, 3.8) is 0 Å². The second-order valence-corrected chi connectivity index (χ2v) is 3.95. The van der Waals surface area contributed by atoms with Gasteiger partial charge in [-0.1, -0.05) is 11.6 Å².